The van der Waals surface area contributed by atoms with Crippen LogP contribution in [0.15, 0.2) is 48.5 Å². The van der Waals surface area contributed by atoms with E-state index in [0.717, 1.165) is 38.2 Å². The largest absolute Gasteiger partial charge is 0.352 e. The van der Waals surface area contributed by atoms with Crippen LogP contribution in [0, 0.1) is 0 Å². The van der Waals surface area contributed by atoms with Crippen LogP contribution in [0.25, 0.3) is 0 Å². The summed E-state index contributed by atoms with van der Waals surface area (Å²) in [5.74, 6) is -0.0663. The molecule has 0 unspecified atom stereocenters. The van der Waals surface area contributed by atoms with Crippen LogP contribution >= 0.6 is 0 Å². The first kappa shape index (κ1) is 19.1. The van der Waals surface area contributed by atoms with Crippen molar-refractivity contribution in [3.8, 4) is 0 Å². The van der Waals surface area contributed by atoms with E-state index in [4.69, 9.17) is 0 Å². The SMILES string of the molecule is CCc1cccc(NC(=O)c2ccc(CN3CC[C@@H](NC(C)=O)C3)cc2)c1. The average molecular weight is 365 g/mol. The van der Waals surface area contributed by atoms with Crippen LogP contribution in [0.3, 0.4) is 0 Å². The zero-order chi connectivity index (χ0) is 19.2. The fourth-order valence-corrected chi connectivity index (χ4v) is 3.47. The first-order chi connectivity index (χ1) is 13.0. The molecule has 0 saturated carbocycles. The van der Waals surface area contributed by atoms with Gasteiger partial charge in [0.2, 0.25) is 5.91 Å². The molecule has 1 saturated heterocycles. The predicted octanol–water partition coefficient (Wildman–Crippen LogP) is 3.21. The molecule has 27 heavy (non-hydrogen) atoms. The van der Waals surface area contributed by atoms with E-state index in [1.165, 1.54) is 11.1 Å². The van der Waals surface area contributed by atoms with E-state index >= 15 is 0 Å². The molecule has 2 amide bonds. The third kappa shape index (κ3) is 5.41. The molecule has 0 aliphatic carbocycles. The molecule has 0 radical (unpaired) electrons. The van der Waals surface area contributed by atoms with Gasteiger partial charge in [-0.3, -0.25) is 14.5 Å². The number of amides is 2. The van der Waals surface area contributed by atoms with Gasteiger partial charge in [0.15, 0.2) is 0 Å². The van der Waals surface area contributed by atoms with E-state index in [1.54, 1.807) is 6.92 Å². The normalized spacial score (nSPS) is 16.9. The molecule has 2 aromatic rings. The molecule has 1 aliphatic rings. The monoisotopic (exact) mass is 365 g/mol. The van der Waals surface area contributed by atoms with Crippen molar-refractivity contribution in [2.24, 2.45) is 0 Å². The molecule has 2 N–H and O–H groups in total. The van der Waals surface area contributed by atoms with Crippen LogP contribution in [-0.2, 0) is 17.8 Å². The van der Waals surface area contributed by atoms with Gasteiger partial charge in [0.05, 0.1) is 0 Å². The first-order valence-electron chi connectivity index (χ1n) is 9.52. The Morgan fingerprint density at radius 1 is 1.11 bits per heavy atom. The van der Waals surface area contributed by atoms with E-state index in [2.05, 4.69) is 28.5 Å². The van der Waals surface area contributed by atoms with E-state index < -0.39 is 0 Å². The van der Waals surface area contributed by atoms with Gasteiger partial charge in [-0.25, -0.2) is 0 Å². The minimum absolute atomic E-state index is 0.0293. The van der Waals surface area contributed by atoms with Crippen LogP contribution in [-0.4, -0.2) is 35.8 Å². The summed E-state index contributed by atoms with van der Waals surface area (Å²) in [7, 11) is 0. The topological polar surface area (TPSA) is 61.4 Å². The molecule has 0 bridgehead atoms. The second-order valence-electron chi connectivity index (χ2n) is 7.13. The van der Waals surface area contributed by atoms with Crippen molar-refractivity contribution in [3.63, 3.8) is 0 Å². The number of hydrogen-bond acceptors (Lipinski definition) is 3. The van der Waals surface area contributed by atoms with Crippen LogP contribution < -0.4 is 10.6 Å². The number of likely N-dealkylation sites (tertiary alicyclic amines) is 1. The summed E-state index contributed by atoms with van der Waals surface area (Å²) in [6, 6.07) is 15.9. The number of anilines is 1. The number of carbonyl (C=O) groups excluding carboxylic acids is 2. The Morgan fingerprint density at radius 3 is 2.59 bits per heavy atom. The molecular formula is C22H27N3O2. The minimum Gasteiger partial charge on any atom is -0.352 e. The third-order valence-corrected chi connectivity index (χ3v) is 4.90. The van der Waals surface area contributed by atoms with Gasteiger partial charge in [-0.1, -0.05) is 31.2 Å². The van der Waals surface area contributed by atoms with Gasteiger partial charge in [0, 0.05) is 43.9 Å². The van der Waals surface area contributed by atoms with Crippen molar-refractivity contribution in [3.05, 3.63) is 65.2 Å². The number of hydrogen-bond donors (Lipinski definition) is 2. The fourth-order valence-electron chi connectivity index (χ4n) is 3.47. The van der Waals surface area contributed by atoms with Crippen molar-refractivity contribution < 1.29 is 9.59 Å². The van der Waals surface area contributed by atoms with Crippen LogP contribution in [0.2, 0.25) is 0 Å². The second kappa shape index (κ2) is 8.82. The van der Waals surface area contributed by atoms with Gasteiger partial charge in [-0.2, -0.15) is 0 Å². The standard InChI is InChI=1S/C22H27N3O2/c1-3-17-5-4-6-20(13-17)24-22(27)19-9-7-18(8-10-19)14-25-12-11-21(15-25)23-16(2)26/h4-10,13,21H,3,11-12,14-15H2,1-2H3,(H,23,26)(H,24,27)/t21-/m1/s1. The Bertz CT molecular complexity index is 801. The molecule has 142 valence electrons. The number of aryl methyl sites for hydroxylation is 1. The lowest BCUT2D eigenvalue weighted by Crippen LogP contribution is -2.35. The van der Waals surface area contributed by atoms with Gasteiger partial charge in [0.25, 0.3) is 5.91 Å². The van der Waals surface area contributed by atoms with E-state index in [1.807, 2.05) is 42.5 Å². The van der Waals surface area contributed by atoms with Gasteiger partial charge >= 0.3 is 0 Å². The summed E-state index contributed by atoms with van der Waals surface area (Å²) in [4.78, 5) is 25.9. The molecule has 5 nitrogen and oxygen atoms in total. The molecule has 1 heterocycles. The molecule has 3 rings (SSSR count). The Hall–Kier alpha value is -2.66. The highest BCUT2D eigenvalue weighted by Crippen LogP contribution is 2.16. The average Bonchev–Trinajstić information content (AvgIpc) is 3.08. The number of carbonyl (C=O) groups is 2. The quantitative estimate of drug-likeness (QED) is 0.826. The summed E-state index contributed by atoms with van der Waals surface area (Å²) in [5, 5.41) is 5.94. The Morgan fingerprint density at radius 2 is 1.89 bits per heavy atom. The molecule has 0 spiro atoms. The van der Waals surface area contributed by atoms with Crippen LogP contribution in [0.5, 0.6) is 0 Å². The van der Waals surface area contributed by atoms with Crippen molar-refractivity contribution in [1.82, 2.24) is 10.2 Å². The summed E-state index contributed by atoms with van der Waals surface area (Å²) in [5.41, 5.74) is 3.84. The number of rotatable bonds is 6. The Labute approximate surface area is 160 Å². The maximum atomic E-state index is 12.5. The summed E-state index contributed by atoms with van der Waals surface area (Å²) in [6.45, 7) is 6.33. The number of benzene rings is 2. The molecule has 1 fully saturated rings. The van der Waals surface area contributed by atoms with Crippen molar-refractivity contribution in [2.75, 3.05) is 18.4 Å². The maximum absolute atomic E-state index is 12.5. The highest BCUT2D eigenvalue weighted by Gasteiger charge is 2.22. The van der Waals surface area contributed by atoms with E-state index in [-0.39, 0.29) is 17.9 Å². The molecule has 0 aromatic heterocycles. The molecule has 1 aliphatic heterocycles. The van der Waals surface area contributed by atoms with Crippen LogP contribution in [0.1, 0.15) is 41.8 Å². The lowest BCUT2D eigenvalue weighted by Gasteiger charge is -2.16. The highest BCUT2D eigenvalue weighted by molar-refractivity contribution is 6.04. The smallest absolute Gasteiger partial charge is 0.255 e. The zero-order valence-electron chi connectivity index (χ0n) is 16.0. The van der Waals surface area contributed by atoms with Gasteiger partial charge < -0.3 is 10.6 Å². The lowest BCUT2D eigenvalue weighted by atomic mass is 10.1. The fraction of sp³-hybridized carbons (Fsp3) is 0.364. The molecule has 2 aromatic carbocycles. The Balaban J connectivity index is 1.55. The zero-order valence-corrected chi connectivity index (χ0v) is 16.0. The van der Waals surface area contributed by atoms with Crippen molar-refractivity contribution in [1.29, 1.82) is 0 Å². The number of nitrogens with one attached hydrogen (secondary N) is 2. The molecule has 1 atom stereocenters. The van der Waals surface area contributed by atoms with Crippen molar-refractivity contribution in [2.45, 2.75) is 39.3 Å². The van der Waals surface area contributed by atoms with E-state index in [0.29, 0.717) is 5.56 Å². The number of nitrogens with zero attached hydrogens (tertiary/aromatic N) is 1. The first-order valence-corrected chi connectivity index (χ1v) is 9.52. The minimum atomic E-state index is -0.0957. The highest BCUT2D eigenvalue weighted by atomic mass is 16.2. The van der Waals surface area contributed by atoms with E-state index in [9.17, 15) is 9.59 Å². The third-order valence-electron chi connectivity index (χ3n) is 4.90. The summed E-state index contributed by atoms with van der Waals surface area (Å²) >= 11 is 0. The Kier molecular flexibility index (Phi) is 6.24. The van der Waals surface area contributed by atoms with Gasteiger partial charge in [-0.15, -0.1) is 0 Å². The molecular weight excluding hydrogens is 338 g/mol. The van der Waals surface area contributed by atoms with Crippen LogP contribution in [0.4, 0.5) is 5.69 Å². The van der Waals surface area contributed by atoms with Gasteiger partial charge in [0.1, 0.15) is 0 Å². The predicted molar refractivity (Wildman–Crippen MR) is 108 cm³/mol. The summed E-state index contributed by atoms with van der Waals surface area (Å²) < 4.78 is 0. The maximum Gasteiger partial charge on any atom is 0.255 e. The summed E-state index contributed by atoms with van der Waals surface area (Å²) in [6.07, 6.45) is 1.93. The second-order valence-corrected chi connectivity index (χ2v) is 7.13. The van der Waals surface area contributed by atoms with Gasteiger partial charge in [-0.05, 0) is 48.2 Å². The molecule has 5 heteroatoms. The van der Waals surface area contributed by atoms with Crippen molar-refractivity contribution >= 4 is 17.5 Å². The lowest BCUT2D eigenvalue weighted by molar-refractivity contribution is -0.119.